The minimum Gasteiger partial charge on any atom is -0.392 e. The van der Waals surface area contributed by atoms with E-state index in [4.69, 9.17) is 5.11 Å². The van der Waals surface area contributed by atoms with Gasteiger partial charge in [-0.15, -0.1) is 0 Å². The van der Waals surface area contributed by atoms with Crippen LogP contribution in [0.4, 0.5) is 0 Å². The molecule has 0 saturated heterocycles. The Morgan fingerprint density at radius 1 is 1.35 bits per heavy atom. The van der Waals surface area contributed by atoms with E-state index in [9.17, 15) is 4.79 Å². The summed E-state index contributed by atoms with van der Waals surface area (Å²) >= 11 is 0. The predicted molar refractivity (Wildman–Crippen MR) is 58.9 cm³/mol. The van der Waals surface area contributed by atoms with Crippen molar-refractivity contribution >= 4 is 5.65 Å². The maximum atomic E-state index is 11.3. The summed E-state index contributed by atoms with van der Waals surface area (Å²) in [7, 11) is 0. The second-order valence-corrected chi connectivity index (χ2v) is 3.58. The first-order chi connectivity index (χ1) is 8.28. The van der Waals surface area contributed by atoms with Gasteiger partial charge in [-0.3, -0.25) is 4.79 Å². The molecular formula is C10H9N5O2. The molecule has 0 aliphatic heterocycles. The van der Waals surface area contributed by atoms with Gasteiger partial charge in [0.05, 0.1) is 19.0 Å². The van der Waals surface area contributed by atoms with E-state index in [-0.39, 0.29) is 12.2 Å². The normalized spacial score (nSPS) is 11.1. The van der Waals surface area contributed by atoms with Crippen LogP contribution in [0, 0.1) is 0 Å². The van der Waals surface area contributed by atoms with E-state index >= 15 is 0 Å². The van der Waals surface area contributed by atoms with Crippen LogP contribution in [-0.2, 0) is 6.61 Å². The molecule has 3 rings (SSSR count). The smallest absolute Gasteiger partial charge is 0.251 e. The van der Waals surface area contributed by atoms with Gasteiger partial charge in [0, 0.05) is 24.0 Å². The molecule has 0 fully saturated rings. The lowest BCUT2D eigenvalue weighted by atomic mass is 10.4. The second-order valence-electron chi connectivity index (χ2n) is 3.58. The van der Waals surface area contributed by atoms with Gasteiger partial charge in [-0.2, -0.15) is 10.2 Å². The van der Waals surface area contributed by atoms with E-state index < -0.39 is 0 Å². The van der Waals surface area contributed by atoms with Crippen LogP contribution in [0.15, 0.2) is 35.6 Å². The highest BCUT2D eigenvalue weighted by Crippen LogP contribution is 2.12. The summed E-state index contributed by atoms with van der Waals surface area (Å²) in [5.74, 6) is 0. The molecule has 7 heteroatoms. The van der Waals surface area contributed by atoms with Crippen LogP contribution in [0.1, 0.15) is 5.56 Å². The van der Waals surface area contributed by atoms with E-state index in [1.807, 2.05) is 0 Å². The number of rotatable bonds is 2. The Labute approximate surface area is 94.9 Å². The van der Waals surface area contributed by atoms with Crippen molar-refractivity contribution in [3.05, 3.63) is 46.8 Å². The number of aliphatic hydroxyl groups excluding tert-OH is 1. The van der Waals surface area contributed by atoms with Gasteiger partial charge in [-0.05, 0) is 0 Å². The van der Waals surface area contributed by atoms with Crippen molar-refractivity contribution in [2.24, 2.45) is 0 Å². The lowest BCUT2D eigenvalue weighted by Crippen LogP contribution is -2.07. The van der Waals surface area contributed by atoms with Gasteiger partial charge in [-0.1, -0.05) is 0 Å². The van der Waals surface area contributed by atoms with Crippen molar-refractivity contribution in [2.45, 2.75) is 6.61 Å². The zero-order chi connectivity index (χ0) is 11.8. The highest BCUT2D eigenvalue weighted by Gasteiger charge is 2.08. The Bertz CT molecular complexity index is 723. The third kappa shape index (κ3) is 1.53. The number of aliphatic hydroxyl groups is 1. The zero-order valence-corrected chi connectivity index (χ0v) is 8.74. The van der Waals surface area contributed by atoms with Crippen molar-refractivity contribution in [1.29, 1.82) is 0 Å². The Balaban J connectivity index is 2.23. The summed E-state index contributed by atoms with van der Waals surface area (Å²) in [5, 5.41) is 17.2. The fourth-order valence-electron chi connectivity index (χ4n) is 1.63. The molecule has 0 saturated carbocycles. The molecule has 0 aliphatic carbocycles. The SMILES string of the molecule is O=c1ccn2ncc(-n3cc(CO)cn3)c2[nH]1. The highest BCUT2D eigenvalue weighted by atomic mass is 16.3. The quantitative estimate of drug-likeness (QED) is 0.633. The molecule has 0 aromatic carbocycles. The van der Waals surface area contributed by atoms with Crippen LogP contribution in [0.25, 0.3) is 11.3 Å². The molecule has 0 atom stereocenters. The lowest BCUT2D eigenvalue weighted by molar-refractivity contribution is 0.282. The van der Waals surface area contributed by atoms with E-state index in [1.54, 1.807) is 34.0 Å². The molecule has 3 aromatic heterocycles. The van der Waals surface area contributed by atoms with E-state index in [2.05, 4.69) is 15.2 Å². The molecule has 0 bridgehead atoms. The van der Waals surface area contributed by atoms with Crippen LogP contribution in [-0.4, -0.2) is 29.5 Å². The topological polar surface area (TPSA) is 88.2 Å². The summed E-state index contributed by atoms with van der Waals surface area (Å²) in [4.78, 5) is 13.9. The van der Waals surface area contributed by atoms with Gasteiger partial charge in [0.2, 0.25) is 0 Å². The average molecular weight is 231 g/mol. The van der Waals surface area contributed by atoms with Crippen LogP contribution < -0.4 is 5.56 Å². The van der Waals surface area contributed by atoms with Crippen molar-refractivity contribution in [2.75, 3.05) is 0 Å². The standard InChI is InChI=1S/C10H9N5O2/c16-6-7-3-11-15(5-7)8-4-12-14-2-1-9(17)13-10(8)14/h1-5,16H,6H2,(H,13,17). The Hall–Kier alpha value is -2.41. The Morgan fingerprint density at radius 3 is 3.00 bits per heavy atom. The number of hydrogen-bond acceptors (Lipinski definition) is 4. The lowest BCUT2D eigenvalue weighted by Gasteiger charge is -1.97. The first-order valence-electron chi connectivity index (χ1n) is 4.99. The minimum atomic E-state index is -0.200. The molecule has 3 heterocycles. The summed E-state index contributed by atoms with van der Waals surface area (Å²) in [6.07, 6.45) is 6.42. The van der Waals surface area contributed by atoms with Gasteiger partial charge >= 0.3 is 0 Å². The van der Waals surface area contributed by atoms with E-state index in [0.29, 0.717) is 16.9 Å². The van der Waals surface area contributed by atoms with Crippen molar-refractivity contribution in [3.63, 3.8) is 0 Å². The van der Waals surface area contributed by atoms with Crippen molar-refractivity contribution < 1.29 is 5.11 Å². The molecule has 0 amide bonds. The van der Waals surface area contributed by atoms with Crippen LogP contribution in [0.2, 0.25) is 0 Å². The molecule has 17 heavy (non-hydrogen) atoms. The van der Waals surface area contributed by atoms with Gasteiger partial charge in [0.25, 0.3) is 5.56 Å². The monoisotopic (exact) mass is 231 g/mol. The third-order valence-corrected chi connectivity index (χ3v) is 2.45. The first-order valence-corrected chi connectivity index (χ1v) is 4.99. The van der Waals surface area contributed by atoms with Gasteiger partial charge in [0.15, 0.2) is 5.65 Å². The Morgan fingerprint density at radius 2 is 2.24 bits per heavy atom. The number of aromatic amines is 1. The number of nitrogens with one attached hydrogen (secondary N) is 1. The molecule has 3 aromatic rings. The maximum Gasteiger partial charge on any atom is 0.251 e. The fraction of sp³-hybridized carbons (Fsp3) is 0.100. The summed E-state index contributed by atoms with van der Waals surface area (Å²) in [6.45, 7) is -0.0737. The van der Waals surface area contributed by atoms with Crippen LogP contribution >= 0.6 is 0 Å². The van der Waals surface area contributed by atoms with Crippen molar-refractivity contribution in [3.8, 4) is 5.69 Å². The second kappa shape index (κ2) is 3.56. The zero-order valence-electron chi connectivity index (χ0n) is 8.74. The number of H-pyrrole nitrogens is 1. The van der Waals surface area contributed by atoms with E-state index in [0.717, 1.165) is 0 Å². The molecule has 0 radical (unpaired) electrons. The van der Waals surface area contributed by atoms with Crippen molar-refractivity contribution in [1.82, 2.24) is 24.4 Å². The predicted octanol–water partition coefficient (Wildman–Crippen LogP) is -0.299. The highest BCUT2D eigenvalue weighted by molar-refractivity contribution is 5.56. The summed E-state index contributed by atoms with van der Waals surface area (Å²) in [5.41, 5.74) is 1.71. The first kappa shape index (κ1) is 9.79. The third-order valence-electron chi connectivity index (χ3n) is 2.45. The van der Waals surface area contributed by atoms with Crippen LogP contribution in [0.3, 0.4) is 0 Å². The Kier molecular flexibility index (Phi) is 2.05. The minimum absolute atomic E-state index is 0.0737. The largest absolute Gasteiger partial charge is 0.392 e. The van der Waals surface area contributed by atoms with Gasteiger partial charge in [0.1, 0.15) is 5.69 Å². The molecule has 0 aliphatic rings. The van der Waals surface area contributed by atoms with Crippen LogP contribution in [0.5, 0.6) is 0 Å². The summed E-state index contributed by atoms with van der Waals surface area (Å²) < 4.78 is 3.11. The number of aromatic nitrogens is 5. The molecule has 0 spiro atoms. The van der Waals surface area contributed by atoms with Gasteiger partial charge < -0.3 is 10.1 Å². The van der Waals surface area contributed by atoms with E-state index in [1.165, 1.54) is 6.07 Å². The number of nitrogens with zero attached hydrogens (tertiary/aromatic N) is 4. The fourth-order valence-corrected chi connectivity index (χ4v) is 1.63. The molecule has 7 nitrogen and oxygen atoms in total. The molecule has 86 valence electrons. The molecule has 0 unspecified atom stereocenters. The number of fused-ring (bicyclic) bond motifs is 1. The van der Waals surface area contributed by atoms with Gasteiger partial charge in [-0.25, -0.2) is 9.20 Å². The number of hydrogen-bond donors (Lipinski definition) is 2. The summed E-state index contributed by atoms with van der Waals surface area (Å²) in [6, 6.07) is 1.39. The molecule has 2 N–H and O–H groups in total. The molecular weight excluding hydrogens is 222 g/mol. The maximum absolute atomic E-state index is 11.3. The average Bonchev–Trinajstić information content (AvgIpc) is 2.93.